The van der Waals surface area contributed by atoms with Crippen LogP contribution in [0.25, 0.3) is 11.1 Å². The van der Waals surface area contributed by atoms with E-state index in [2.05, 4.69) is 72.8 Å². The SMILES string of the molecule is Cc1ccc(-c2cnn(CCCc3ccccc3)c2)cc1. The Bertz CT molecular complexity index is 681. The highest BCUT2D eigenvalue weighted by molar-refractivity contribution is 5.61. The first-order chi connectivity index (χ1) is 10.3. The summed E-state index contributed by atoms with van der Waals surface area (Å²) in [5, 5.41) is 4.46. The van der Waals surface area contributed by atoms with Crippen molar-refractivity contribution in [3.63, 3.8) is 0 Å². The van der Waals surface area contributed by atoms with Gasteiger partial charge in [0.05, 0.1) is 6.20 Å². The second kappa shape index (κ2) is 6.40. The van der Waals surface area contributed by atoms with Crippen molar-refractivity contribution in [3.8, 4) is 11.1 Å². The molecule has 0 spiro atoms. The number of aromatic nitrogens is 2. The molecule has 0 aliphatic carbocycles. The second-order valence-electron chi connectivity index (χ2n) is 5.45. The zero-order valence-corrected chi connectivity index (χ0v) is 12.4. The molecule has 106 valence electrons. The fourth-order valence-electron chi connectivity index (χ4n) is 2.47. The highest BCUT2D eigenvalue weighted by atomic mass is 15.3. The molecule has 2 nitrogen and oxygen atoms in total. The van der Waals surface area contributed by atoms with Crippen LogP contribution in [-0.2, 0) is 13.0 Å². The van der Waals surface area contributed by atoms with Gasteiger partial charge in [-0.15, -0.1) is 0 Å². The fraction of sp³-hybridized carbons (Fsp3) is 0.211. The van der Waals surface area contributed by atoms with E-state index in [1.807, 2.05) is 10.9 Å². The summed E-state index contributed by atoms with van der Waals surface area (Å²) in [5.74, 6) is 0. The van der Waals surface area contributed by atoms with Crippen LogP contribution in [0.5, 0.6) is 0 Å². The fourth-order valence-corrected chi connectivity index (χ4v) is 2.47. The van der Waals surface area contributed by atoms with Gasteiger partial charge in [0.2, 0.25) is 0 Å². The van der Waals surface area contributed by atoms with E-state index < -0.39 is 0 Å². The van der Waals surface area contributed by atoms with Gasteiger partial charge in [-0.2, -0.15) is 5.10 Å². The smallest absolute Gasteiger partial charge is 0.0568 e. The summed E-state index contributed by atoms with van der Waals surface area (Å²) in [5.41, 5.74) is 5.10. The van der Waals surface area contributed by atoms with Crippen LogP contribution in [0.3, 0.4) is 0 Å². The van der Waals surface area contributed by atoms with Crippen molar-refractivity contribution < 1.29 is 0 Å². The lowest BCUT2D eigenvalue weighted by molar-refractivity contribution is 0.579. The molecule has 1 heterocycles. The maximum absolute atomic E-state index is 4.46. The van der Waals surface area contributed by atoms with Gasteiger partial charge in [-0.1, -0.05) is 60.2 Å². The lowest BCUT2D eigenvalue weighted by Gasteiger charge is -2.02. The predicted octanol–water partition coefficient (Wildman–Crippen LogP) is 4.49. The largest absolute Gasteiger partial charge is 0.272 e. The molecule has 2 aromatic carbocycles. The average molecular weight is 276 g/mol. The van der Waals surface area contributed by atoms with Crippen molar-refractivity contribution in [2.45, 2.75) is 26.3 Å². The maximum Gasteiger partial charge on any atom is 0.0568 e. The Morgan fingerprint density at radius 1 is 0.905 bits per heavy atom. The number of benzene rings is 2. The van der Waals surface area contributed by atoms with Crippen LogP contribution in [0.2, 0.25) is 0 Å². The van der Waals surface area contributed by atoms with Gasteiger partial charge in [-0.3, -0.25) is 4.68 Å². The van der Waals surface area contributed by atoms with Gasteiger partial charge in [-0.25, -0.2) is 0 Å². The summed E-state index contributed by atoms with van der Waals surface area (Å²) in [6.07, 6.45) is 6.29. The molecule has 0 N–H and O–H groups in total. The molecule has 0 aliphatic heterocycles. The van der Waals surface area contributed by atoms with Gasteiger partial charge < -0.3 is 0 Å². The molecule has 2 heteroatoms. The zero-order chi connectivity index (χ0) is 14.5. The quantitative estimate of drug-likeness (QED) is 0.671. The predicted molar refractivity (Wildman–Crippen MR) is 87.2 cm³/mol. The molecule has 21 heavy (non-hydrogen) atoms. The van der Waals surface area contributed by atoms with Crippen LogP contribution in [-0.4, -0.2) is 9.78 Å². The van der Waals surface area contributed by atoms with Crippen LogP contribution < -0.4 is 0 Å². The Hall–Kier alpha value is -2.35. The zero-order valence-electron chi connectivity index (χ0n) is 12.4. The van der Waals surface area contributed by atoms with E-state index in [0.29, 0.717) is 0 Å². The molecule has 0 aliphatic rings. The van der Waals surface area contributed by atoms with E-state index in [4.69, 9.17) is 0 Å². The van der Waals surface area contributed by atoms with Crippen molar-refractivity contribution >= 4 is 0 Å². The minimum Gasteiger partial charge on any atom is -0.272 e. The number of aryl methyl sites for hydroxylation is 3. The molecular weight excluding hydrogens is 256 g/mol. The Balaban J connectivity index is 1.59. The standard InChI is InChI=1S/C19H20N2/c1-16-9-11-18(12-10-16)19-14-20-21(15-19)13-5-8-17-6-3-2-4-7-17/h2-4,6-7,9-12,14-15H,5,8,13H2,1H3. The first-order valence-corrected chi connectivity index (χ1v) is 7.45. The first kappa shape index (κ1) is 13.6. The van der Waals surface area contributed by atoms with E-state index in [9.17, 15) is 0 Å². The Labute approximate surface area is 126 Å². The molecule has 0 saturated heterocycles. The number of hydrogen-bond donors (Lipinski definition) is 0. The molecule has 0 fully saturated rings. The molecule has 0 atom stereocenters. The molecule has 1 aromatic heterocycles. The third-order valence-corrected chi connectivity index (χ3v) is 3.71. The second-order valence-corrected chi connectivity index (χ2v) is 5.45. The highest BCUT2D eigenvalue weighted by Gasteiger charge is 2.01. The molecular formula is C19H20N2. The van der Waals surface area contributed by atoms with Crippen molar-refractivity contribution in [3.05, 3.63) is 78.1 Å². The van der Waals surface area contributed by atoms with E-state index in [0.717, 1.165) is 19.4 Å². The monoisotopic (exact) mass is 276 g/mol. The van der Waals surface area contributed by atoms with Gasteiger partial charge in [0.15, 0.2) is 0 Å². The summed E-state index contributed by atoms with van der Waals surface area (Å²) in [4.78, 5) is 0. The molecule has 0 saturated carbocycles. The Kier molecular flexibility index (Phi) is 4.15. The van der Waals surface area contributed by atoms with Crippen molar-refractivity contribution in [1.29, 1.82) is 0 Å². The normalized spacial score (nSPS) is 10.7. The van der Waals surface area contributed by atoms with Crippen LogP contribution in [0.1, 0.15) is 17.5 Å². The van der Waals surface area contributed by atoms with Gasteiger partial charge >= 0.3 is 0 Å². The van der Waals surface area contributed by atoms with Crippen molar-refractivity contribution in [2.24, 2.45) is 0 Å². The molecule has 0 bridgehead atoms. The average Bonchev–Trinajstić information content (AvgIpc) is 2.98. The molecule has 0 amide bonds. The number of rotatable bonds is 5. The van der Waals surface area contributed by atoms with E-state index in [1.165, 1.54) is 22.3 Å². The Morgan fingerprint density at radius 3 is 2.43 bits per heavy atom. The van der Waals surface area contributed by atoms with E-state index in [1.54, 1.807) is 0 Å². The van der Waals surface area contributed by atoms with Gasteiger partial charge in [-0.05, 0) is 30.9 Å². The summed E-state index contributed by atoms with van der Waals surface area (Å²) >= 11 is 0. The van der Waals surface area contributed by atoms with Crippen LogP contribution in [0.15, 0.2) is 67.0 Å². The molecule has 3 aromatic rings. The summed E-state index contributed by atoms with van der Waals surface area (Å²) < 4.78 is 2.04. The van der Waals surface area contributed by atoms with E-state index >= 15 is 0 Å². The molecule has 3 rings (SSSR count). The number of hydrogen-bond acceptors (Lipinski definition) is 1. The number of nitrogens with zero attached hydrogens (tertiary/aromatic N) is 2. The summed E-state index contributed by atoms with van der Waals surface area (Å²) in [6.45, 7) is 3.07. The topological polar surface area (TPSA) is 17.8 Å². The third-order valence-electron chi connectivity index (χ3n) is 3.71. The van der Waals surface area contributed by atoms with Crippen molar-refractivity contribution in [1.82, 2.24) is 9.78 Å². The maximum atomic E-state index is 4.46. The third kappa shape index (κ3) is 3.60. The Morgan fingerprint density at radius 2 is 1.67 bits per heavy atom. The van der Waals surface area contributed by atoms with Gasteiger partial charge in [0, 0.05) is 18.3 Å². The van der Waals surface area contributed by atoms with Crippen LogP contribution in [0, 0.1) is 6.92 Å². The summed E-state index contributed by atoms with van der Waals surface area (Å²) in [7, 11) is 0. The van der Waals surface area contributed by atoms with Crippen LogP contribution in [0.4, 0.5) is 0 Å². The minimum atomic E-state index is 0.959. The lowest BCUT2D eigenvalue weighted by Crippen LogP contribution is -1.99. The van der Waals surface area contributed by atoms with E-state index in [-0.39, 0.29) is 0 Å². The van der Waals surface area contributed by atoms with Crippen molar-refractivity contribution in [2.75, 3.05) is 0 Å². The van der Waals surface area contributed by atoms with Gasteiger partial charge in [0.1, 0.15) is 0 Å². The van der Waals surface area contributed by atoms with Gasteiger partial charge in [0.25, 0.3) is 0 Å². The highest BCUT2D eigenvalue weighted by Crippen LogP contribution is 2.19. The molecule has 0 unspecified atom stereocenters. The lowest BCUT2D eigenvalue weighted by atomic mass is 10.1. The van der Waals surface area contributed by atoms with Crippen LogP contribution >= 0.6 is 0 Å². The minimum absolute atomic E-state index is 0.959. The molecule has 0 radical (unpaired) electrons. The first-order valence-electron chi connectivity index (χ1n) is 7.45. The summed E-state index contributed by atoms with van der Waals surface area (Å²) in [6, 6.07) is 19.2.